The number of benzene rings is 1. The van der Waals surface area contributed by atoms with Crippen LogP contribution in [0, 0.1) is 0 Å². The molecule has 1 unspecified atom stereocenters. The van der Waals surface area contributed by atoms with Gasteiger partial charge < -0.3 is 35.3 Å². The van der Waals surface area contributed by atoms with Gasteiger partial charge in [-0.05, 0) is 17.5 Å². The van der Waals surface area contributed by atoms with Gasteiger partial charge in [-0.15, -0.1) is 0 Å². The van der Waals surface area contributed by atoms with Crippen LogP contribution in [0.25, 0.3) is 10.9 Å². The Hall–Kier alpha value is -1.81. The number of hydrogen-bond donors (Lipinski definition) is 6. The Bertz CT molecular complexity index is 710. The minimum Gasteiger partial charge on any atom is -0.394 e. The van der Waals surface area contributed by atoms with Crippen LogP contribution >= 0.6 is 0 Å². The zero-order chi connectivity index (χ0) is 17.5. The van der Waals surface area contributed by atoms with E-state index in [0.717, 1.165) is 10.9 Å². The van der Waals surface area contributed by atoms with Crippen molar-refractivity contribution in [3.05, 3.63) is 36.0 Å². The first-order valence-corrected chi connectivity index (χ1v) is 7.52. The minimum absolute atomic E-state index is 0.288. The van der Waals surface area contributed by atoms with Crippen molar-refractivity contribution in [2.45, 2.75) is 36.6 Å². The number of ketones is 1. The summed E-state index contributed by atoms with van der Waals surface area (Å²) in [5.41, 5.74) is 1.30. The summed E-state index contributed by atoms with van der Waals surface area (Å²) in [6.07, 6.45) is -7.16. The first-order chi connectivity index (χ1) is 11.4. The van der Waals surface area contributed by atoms with Crippen LogP contribution < -0.4 is 0 Å². The van der Waals surface area contributed by atoms with Gasteiger partial charge in [-0.25, -0.2) is 0 Å². The Morgan fingerprint density at radius 1 is 1.21 bits per heavy atom. The molecule has 1 aromatic heterocycles. The number of carbonyl (C=O) groups is 1. The number of H-pyrrole nitrogens is 1. The fraction of sp³-hybridized carbons (Fsp3) is 0.438. The molecule has 5 atom stereocenters. The van der Waals surface area contributed by atoms with Crippen LogP contribution in [0.5, 0.6) is 0 Å². The van der Waals surface area contributed by atoms with Crippen LogP contribution in [0.2, 0.25) is 0 Å². The largest absolute Gasteiger partial charge is 0.394 e. The van der Waals surface area contributed by atoms with Crippen molar-refractivity contribution in [1.29, 1.82) is 0 Å². The number of rotatable bonds is 4. The summed E-state index contributed by atoms with van der Waals surface area (Å²) >= 11 is 0. The number of carbonyl (C=O) groups excluding carboxylic acids is 1. The molecule has 0 radical (unpaired) electrons. The third kappa shape index (κ3) is 2.73. The smallest absolute Gasteiger partial charge is 0.256 e. The topological polar surface area (TPSA) is 143 Å². The van der Waals surface area contributed by atoms with E-state index in [1.807, 2.05) is 24.3 Å². The van der Waals surface area contributed by atoms with E-state index in [0.29, 0.717) is 5.69 Å². The van der Waals surface area contributed by atoms with E-state index in [1.54, 1.807) is 6.07 Å². The lowest BCUT2D eigenvalue weighted by Crippen LogP contribution is -2.68. The molecule has 0 saturated carbocycles. The summed E-state index contributed by atoms with van der Waals surface area (Å²) in [7, 11) is 0. The van der Waals surface area contributed by atoms with Gasteiger partial charge in [0.15, 0.2) is 0 Å². The Morgan fingerprint density at radius 2 is 1.92 bits per heavy atom. The summed E-state index contributed by atoms with van der Waals surface area (Å²) in [5, 5.41) is 49.9. The number of aliphatic hydroxyl groups is 5. The number of para-hydroxylation sites is 1. The van der Waals surface area contributed by atoms with Crippen molar-refractivity contribution in [3.63, 3.8) is 0 Å². The van der Waals surface area contributed by atoms with E-state index in [1.165, 1.54) is 0 Å². The van der Waals surface area contributed by atoms with E-state index in [2.05, 4.69) is 4.98 Å². The van der Waals surface area contributed by atoms with Gasteiger partial charge in [0.05, 0.1) is 13.0 Å². The normalized spacial score (nSPS) is 33.7. The van der Waals surface area contributed by atoms with Crippen LogP contribution in [0.4, 0.5) is 0 Å². The Labute approximate surface area is 136 Å². The zero-order valence-electron chi connectivity index (χ0n) is 12.7. The standard InChI is InChI=1S/C16H19NO7/c18-7-11-13(20)14(21)15(22)16(23,24-11)12(19)6-9-5-8-3-1-2-4-10(8)17-9/h1-5,11,13-15,17-18,20-23H,6-7H2/t11-,13-,14+,15-,16?/m1/s1. The quantitative estimate of drug-likeness (QED) is 0.396. The van der Waals surface area contributed by atoms with Crippen LogP contribution in [0.3, 0.4) is 0 Å². The summed E-state index contributed by atoms with van der Waals surface area (Å²) in [6.45, 7) is -0.729. The van der Waals surface area contributed by atoms with Crippen LogP contribution in [-0.4, -0.2) is 73.1 Å². The molecule has 1 aliphatic heterocycles. The molecular weight excluding hydrogens is 318 g/mol. The average molecular weight is 337 g/mol. The molecule has 2 heterocycles. The maximum atomic E-state index is 12.5. The summed E-state index contributed by atoms with van der Waals surface area (Å²) in [6, 6.07) is 9.07. The first kappa shape index (κ1) is 17.0. The molecule has 2 aromatic rings. The molecule has 3 rings (SSSR count). The maximum Gasteiger partial charge on any atom is 0.256 e. The number of hydrogen-bond acceptors (Lipinski definition) is 7. The second kappa shape index (κ2) is 6.25. The number of Topliss-reactive ketones (excluding diaryl/α,β-unsaturated/α-hetero) is 1. The van der Waals surface area contributed by atoms with Crippen molar-refractivity contribution in [2.75, 3.05) is 6.61 Å². The second-order valence-electron chi connectivity index (χ2n) is 5.94. The van der Waals surface area contributed by atoms with Crippen LogP contribution in [-0.2, 0) is 16.0 Å². The van der Waals surface area contributed by atoms with Crippen LogP contribution in [0.15, 0.2) is 30.3 Å². The third-order valence-corrected chi connectivity index (χ3v) is 4.30. The Kier molecular flexibility index (Phi) is 4.43. The van der Waals surface area contributed by atoms with Gasteiger partial charge >= 0.3 is 0 Å². The predicted octanol–water partition coefficient (Wildman–Crippen LogP) is -1.56. The minimum atomic E-state index is -2.72. The van der Waals surface area contributed by atoms with Crippen molar-refractivity contribution < 1.29 is 35.1 Å². The van der Waals surface area contributed by atoms with E-state index >= 15 is 0 Å². The molecule has 1 aromatic carbocycles. The first-order valence-electron chi connectivity index (χ1n) is 7.52. The van der Waals surface area contributed by atoms with Gasteiger partial charge in [-0.3, -0.25) is 4.79 Å². The highest BCUT2D eigenvalue weighted by Gasteiger charge is 2.56. The number of fused-ring (bicyclic) bond motifs is 1. The van der Waals surface area contributed by atoms with E-state index in [9.17, 15) is 25.2 Å². The molecule has 8 nitrogen and oxygen atoms in total. The third-order valence-electron chi connectivity index (χ3n) is 4.30. The molecule has 8 heteroatoms. The fourth-order valence-corrected chi connectivity index (χ4v) is 2.91. The van der Waals surface area contributed by atoms with Gasteiger partial charge in [0, 0.05) is 11.2 Å². The molecular formula is C16H19NO7. The van der Waals surface area contributed by atoms with Gasteiger partial charge in [0.1, 0.15) is 24.4 Å². The predicted molar refractivity (Wildman–Crippen MR) is 81.9 cm³/mol. The van der Waals surface area contributed by atoms with Crippen LogP contribution in [0.1, 0.15) is 5.69 Å². The number of aliphatic hydroxyl groups excluding tert-OH is 4. The maximum absolute atomic E-state index is 12.5. The molecule has 0 aliphatic carbocycles. The highest BCUT2D eigenvalue weighted by atomic mass is 16.7. The highest BCUT2D eigenvalue weighted by molar-refractivity contribution is 5.90. The van der Waals surface area contributed by atoms with E-state index in [-0.39, 0.29) is 6.42 Å². The lowest BCUT2D eigenvalue weighted by Gasteiger charge is -2.44. The molecule has 1 aliphatic rings. The summed E-state index contributed by atoms with van der Waals surface area (Å²) in [5.74, 6) is -3.62. The molecule has 130 valence electrons. The van der Waals surface area contributed by atoms with Gasteiger partial charge in [0.25, 0.3) is 5.79 Å². The Morgan fingerprint density at radius 3 is 2.58 bits per heavy atom. The highest BCUT2D eigenvalue weighted by Crippen LogP contribution is 2.30. The monoisotopic (exact) mass is 337 g/mol. The Balaban J connectivity index is 1.84. The van der Waals surface area contributed by atoms with E-state index in [4.69, 9.17) is 9.84 Å². The summed E-state index contributed by atoms with van der Waals surface area (Å²) in [4.78, 5) is 15.5. The SMILES string of the molecule is O=C(Cc1cc2ccccc2[nH]1)C1(O)O[C@H](CO)[C@@H](O)[C@H](O)[C@H]1O. The second-order valence-corrected chi connectivity index (χ2v) is 5.94. The van der Waals surface area contributed by atoms with Gasteiger partial charge in [-0.1, -0.05) is 18.2 Å². The lowest BCUT2D eigenvalue weighted by molar-refractivity contribution is -0.330. The van der Waals surface area contributed by atoms with Crippen molar-refractivity contribution >= 4 is 16.7 Å². The zero-order valence-corrected chi connectivity index (χ0v) is 12.7. The molecule has 1 fully saturated rings. The number of nitrogens with one attached hydrogen (secondary N) is 1. The lowest BCUT2D eigenvalue weighted by atomic mass is 9.89. The average Bonchev–Trinajstić information content (AvgIpc) is 2.98. The number of aromatic nitrogens is 1. The van der Waals surface area contributed by atoms with Crippen molar-refractivity contribution in [3.8, 4) is 0 Å². The van der Waals surface area contributed by atoms with Gasteiger partial charge in [0.2, 0.25) is 5.78 Å². The number of ether oxygens (including phenoxy) is 1. The molecule has 24 heavy (non-hydrogen) atoms. The van der Waals surface area contributed by atoms with Gasteiger partial charge in [-0.2, -0.15) is 0 Å². The van der Waals surface area contributed by atoms with E-state index < -0.39 is 42.6 Å². The fourth-order valence-electron chi connectivity index (χ4n) is 2.91. The molecule has 0 bridgehead atoms. The molecule has 0 spiro atoms. The molecule has 0 amide bonds. The molecule has 1 saturated heterocycles. The summed E-state index contributed by atoms with van der Waals surface area (Å²) < 4.78 is 5.01. The van der Waals surface area contributed by atoms with Crippen molar-refractivity contribution in [2.24, 2.45) is 0 Å². The molecule has 6 N–H and O–H groups in total. The number of aromatic amines is 1. The van der Waals surface area contributed by atoms with Crippen molar-refractivity contribution in [1.82, 2.24) is 4.98 Å².